The number of nitrogens with one attached hydrogen (secondary N) is 1. The van der Waals surface area contributed by atoms with Crippen LogP contribution in [0.15, 0.2) is 48.5 Å². The van der Waals surface area contributed by atoms with Crippen LogP contribution < -0.4 is 15.0 Å². The Balaban J connectivity index is 1.58. The van der Waals surface area contributed by atoms with Crippen molar-refractivity contribution in [2.24, 2.45) is 0 Å². The molecular formula is C22H27N3O3. The van der Waals surface area contributed by atoms with Crippen molar-refractivity contribution < 1.29 is 14.3 Å². The van der Waals surface area contributed by atoms with Crippen molar-refractivity contribution in [1.82, 2.24) is 10.2 Å². The van der Waals surface area contributed by atoms with Crippen LogP contribution in [0.5, 0.6) is 5.75 Å². The summed E-state index contributed by atoms with van der Waals surface area (Å²) in [5, 5.41) is 2.85. The molecule has 0 radical (unpaired) electrons. The third-order valence-corrected chi connectivity index (χ3v) is 4.82. The van der Waals surface area contributed by atoms with E-state index in [1.54, 1.807) is 31.4 Å². The number of anilines is 1. The number of nitrogens with zero attached hydrogens (tertiary/aromatic N) is 2. The number of amides is 2. The number of piperazine rings is 1. The fraction of sp³-hybridized carbons (Fsp3) is 0.364. The van der Waals surface area contributed by atoms with E-state index in [1.807, 2.05) is 43.0 Å². The molecule has 3 rings (SSSR count). The highest BCUT2D eigenvalue weighted by atomic mass is 16.5. The summed E-state index contributed by atoms with van der Waals surface area (Å²) >= 11 is 0. The zero-order valence-electron chi connectivity index (χ0n) is 16.6. The van der Waals surface area contributed by atoms with Crippen molar-refractivity contribution in [1.29, 1.82) is 0 Å². The van der Waals surface area contributed by atoms with Crippen molar-refractivity contribution >= 4 is 17.5 Å². The fourth-order valence-corrected chi connectivity index (χ4v) is 3.25. The molecule has 28 heavy (non-hydrogen) atoms. The van der Waals surface area contributed by atoms with Crippen molar-refractivity contribution in [2.75, 3.05) is 38.2 Å². The number of carbonyl (C=O) groups is 2. The van der Waals surface area contributed by atoms with Gasteiger partial charge in [-0.15, -0.1) is 0 Å². The van der Waals surface area contributed by atoms with Gasteiger partial charge in [0.25, 0.3) is 11.8 Å². The Morgan fingerprint density at radius 2 is 1.46 bits per heavy atom. The molecule has 0 atom stereocenters. The summed E-state index contributed by atoms with van der Waals surface area (Å²) in [4.78, 5) is 28.9. The molecule has 1 aliphatic heterocycles. The molecule has 2 aromatic rings. The van der Waals surface area contributed by atoms with Gasteiger partial charge in [-0.2, -0.15) is 0 Å². The van der Waals surface area contributed by atoms with Gasteiger partial charge in [-0.05, 0) is 62.4 Å². The third-order valence-electron chi connectivity index (χ3n) is 4.82. The van der Waals surface area contributed by atoms with Crippen molar-refractivity contribution in [3.63, 3.8) is 0 Å². The molecule has 0 aromatic heterocycles. The Kier molecular flexibility index (Phi) is 6.19. The summed E-state index contributed by atoms with van der Waals surface area (Å²) < 4.78 is 5.20. The van der Waals surface area contributed by atoms with Gasteiger partial charge in [-0.1, -0.05) is 0 Å². The van der Waals surface area contributed by atoms with E-state index in [1.165, 1.54) is 0 Å². The zero-order chi connectivity index (χ0) is 20.1. The zero-order valence-corrected chi connectivity index (χ0v) is 16.6. The molecule has 1 heterocycles. The van der Waals surface area contributed by atoms with Crippen molar-refractivity contribution in [3.05, 3.63) is 59.7 Å². The summed E-state index contributed by atoms with van der Waals surface area (Å²) in [6.07, 6.45) is 0. The van der Waals surface area contributed by atoms with Gasteiger partial charge in [0, 0.05) is 49.0 Å². The molecule has 2 amide bonds. The van der Waals surface area contributed by atoms with Crippen LogP contribution in [0, 0.1) is 0 Å². The minimum absolute atomic E-state index is 0.00481. The van der Waals surface area contributed by atoms with Gasteiger partial charge < -0.3 is 19.9 Å². The summed E-state index contributed by atoms with van der Waals surface area (Å²) in [6, 6.07) is 14.9. The van der Waals surface area contributed by atoms with Crippen molar-refractivity contribution in [3.8, 4) is 5.75 Å². The van der Waals surface area contributed by atoms with Gasteiger partial charge in [0.2, 0.25) is 0 Å². The Labute approximate surface area is 166 Å². The fourth-order valence-electron chi connectivity index (χ4n) is 3.25. The van der Waals surface area contributed by atoms with Gasteiger partial charge >= 0.3 is 0 Å². The first-order chi connectivity index (χ1) is 13.5. The number of ether oxygens (including phenoxy) is 1. The topological polar surface area (TPSA) is 61.9 Å². The lowest BCUT2D eigenvalue weighted by atomic mass is 10.1. The maximum absolute atomic E-state index is 12.8. The van der Waals surface area contributed by atoms with Crippen LogP contribution in [-0.4, -0.2) is 56.0 Å². The Bertz CT molecular complexity index is 808. The van der Waals surface area contributed by atoms with Crippen LogP contribution in [0.1, 0.15) is 34.6 Å². The monoisotopic (exact) mass is 381 g/mol. The molecule has 148 valence electrons. The van der Waals surface area contributed by atoms with Crippen molar-refractivity contribution in [2.45, 2.75) is 19.9 Å². The number of carbonyl (C=O) groups excluding carboxylic acids is 2. The van der Waals surface area contributed by atoms with E-state index in [0.717, 1.165) is 24.5 Å². The summed E-state index contributed by atoms with van der Waals surface area (Å²) in [5.74, 6) is 0.718. The van der Waals surface area contributed by atoms with Gasteiger partial charge in [0.05, 0.1) is 7.11 Å². The van der Waals surface area contributed by atoms with E-state index < -0.39 is 0 Å². The first kappa shape index (κ1) is 19.7. The predicted octanol–water partition coefficient (Wildman–Crippen LogP) is 2.80. The maximum Gasteiger partial charge on any atom is 0.253 e. The van der Waals surface area contributed by atoms with Crippen LogP contribution in [0.2, 0.25) is 0 Å². The highest BCUT2D eigenvalue weighted by molar-refractivity contribution is 5.98. The first-order valence-electron chi connectivity index (χ1n) is 9.57. The molecule has 1 fully saturated rings. The SMILES string of the molecule is COc1ccc(N2CCN(C(=O)c3ccc(C(=O)NC(C)C)cc3)CC2)cc1. The number of hydrogen-bond acceptors (Lipinski definition) is 4. The minimum Gasteiger partial charge on any atom is -0.497 e. The summed E-state index contributed by atoms with van der Waals surface area (Å²) in [7, 11) is 1.66. The molecule has 0 unspecified atom stereocenters. The van der Waals surface area contributed by atoms with E-state index >= 15 is 0 Å². The minimum atomic E-state index is -0.123. The first-order valence-corrected chi connectivity index (χ1v) is 9.57. The second-order valence-electron chi connectivity index (χ2n) is 7.18. The van der Waals surface area contributed by atoms with E-state index in [9.17, 15) is 9.59 Å². The highest BCUT2D eigenvalue weighted by Crippen LogP contribution is 2.21. The van der Waals surface area contributed by atoms with Crippen LogP contribution >= 0.6 is 0 Å². The average Bonchev–Trinajstić information content (AvgIpc) is 2.73. The van der Waals surface area contributed by atoms with Gasteiger partial charge in [0.15, 0.2) is 0 Å². The molecule has 6 nitrogen and oxygen atoms in total. The number of rotatable bonds is 5. The largest absolute Gasteiger partial charge is 0.497 e. The number of hydrogen-bond donors (Lipinski definition) is 1. The molecule has 2 aromatic carbocycles. The number of benzene rings is 2. The quantitative estimate of drug-likeness (QED) is 0.865. The maximum atomic E-state index is 12.8. The van der Waals surface area contributed by atoms with Gasteiger partial charge in [-0.25, -0.2) is 0 Å². The third kappa shape index (κ3) is 4.63. The smallest absolute Gasteiger partial charge is 0.253 e. The van der Waals surface area contributed by atoms with E-state index in [4.69, 9.17) is 4.74 Å². The molecule has 0 spiro atoms. The highest BCUT2D eigenvalue weighted by Gasteiger charge is 2.22. The summed E-state index contributed by atoms with van der Waals surface area (Å²) in [5.41, 5.74) is 2.31. The van der Waals surface area contributed by atoms with E-state index in [-0.39, 0.29) is 17.9 Å². The van der Waals surface area contributed by atoms with Gasteiger partial charge in [0.1, 0.15) is 5.75 Å². The molecule has 1 N–H and O–H groups in total. The predicted molar refractivity (Wildman–Crippen MR) is 110 cm³/mol. The molecule has 0 saturated carbocycles. The molecule has 6 heteroatoms. The summed E-state index contributed by atoms with van der Waals surface area (Å²) in [6.45, 7) is 6.74. The number of methoxy groups -OCH3 is 1. The van der Waals surface area contributed by atoms with Crippen LogP contribution in [0.25, 0.3) is 0 Å². The lowest BCUT2D eigenvalue weighted by Gasteiger charge is -2.36. The molecular weight excluding hydrogens is 354 g/mol. The second kappa shape index (κ2) is 8.78. The van der Waals surface area contributed by atoms with Gasteiger partial charge in [-0.3, -0.25) is 9.59 Å². The Morgan fingerprint density at radius 3 is 2.00 bits per heavy atom. The molecule has 0 bridgehead atoms. The molecule has 1 saturated heterocycles. The van der Waals surface area contributed by atoms with Crippen LogP contribution in [-0.2, 0) is 0 Å². The van der Waals surface area contributed by atoms with E-state index in [0.29, 0.717) is 24.2 Å². The lowest BCUT2D eigenvalue weighted by Crippen LogP contribution is -2.48. The second-order valence-corrected chi connectivity index (χ2v) is 7.18. The van der Waals surface area contributed by atoms with E-state index in [2.05, 4.69) is 10.2 Å². The standard InChI is InChI=1S/C22H27N3O3/c1-16(2)23-21(26)17-4-6-18(7-5-17)22(27)25-14-12-24(13-15-25)19-8-10-20(28-3)11-9-19/h4-11,16H,12-15H2,1-3H3,(H,23,26). The Hall–Kier alpha value is -3.02. The molecule has 0 aliphatic carbocycles. The lowest BCUT2D eigenvalue weighted by molar-refractivity contribution is 0.0746. The average molecular weight is 381 g/mol. The normalized spacial score (nSPS) is 14.1. The van der Waals surface area contributed by atoms with Crippen LogP contribution in [0.4, 0.5) is 5.69 Å². The van der Waals surface area contributed by atoms with Crippen LogP contribution in [0.3, 0.4) is 0 Å². The Morgan fingerprint density at radius 1 is 0.893 bits per heavy atom. The molecule has 1 aliphatic rings.